The molecule has 0 saturated heterocycles. The summed E-state index contributed by atoms with van der Waals surface area (Å²) >= 11 is 0. The molecule has 0 aliphatic carbocycles. The Morgan fingerprint density at radius 3 is 2.79 bits per heavy atom. The summed E-state index contributed by atoms with van der Waals surface area (Å²) in [5.74, 6) is -2.71. The molecular formula is C16H15NO6S. The van der Waals surface area contributed by atoms with Crippen LogP contribution in [0.5, 0.6) is 0 Å². The molecule has 2 aromatic rings. The van der Waals surface area contributed by atoms with E-state index in [4.69, 9.17) is 4.42 Å². The van der Waals surface area contributed by atoms with E-state index in [2.05, 4.69) is 6.58 Å². The number of hydrogen-bond acceptors (Lipinski definition) is 5. The summed E-state index contributed by atoms with van der Waals surface area (Å²) in [4.78, 5) is 24.0. The minimum atomic E-state index is -3.79. The lowest BCUT2D eigenvalue weighted by molar-refractivity contribution is -0.138. The fraction of sp³-hybridized carbons (Fsp3) is 0.250. The van der Waals surface area contributed by atoms with Crippen LogP contribution in [-0.2, 0) is 21.2 Å². The van der Waals surface area contributed by atoms with E-state index < -0.39 is 27.5 Å². The minimum absolute atomic E-state index is 0.0167. The highest BCUT2D eigenvalue weighted by Gasteiger charge is 2.37. The molecule has 0 amide bonds. The number of rotatable bonds is 6. The van der Waals surface area contributed by atoms with Crippen LogP contribution in [0.3, 0.4) is 0 Å². The normalized spacial score (nSPS) is 16.8. The Bertz CT molecular complexity index is 920. The summed E-state index contributed by atoms with van der Waals surface area (Å²) in [6.45, 7) is 3.69. The Hall–Kier alpha value is -2.61. The standard InChI is InChI=1S/C16H15NO6S/c1-2-7-24(21,22)13-8-12-11(16(19)20)3-5-17(12)14(13)15(18)10-4-6-23-9-10/h2,4,6,8-9,11H,1,3,5,7H2,(H,19,20). The van der Waals surface area contributed by atoms with Crippen molar-refractivity contribution in [3.63, 3.8) is 0 Å². The molecule has 0 bridgehead atoms. The Morgan fingerprint density at radius 2 is 2.21 bits per heavy atom. The van der Waals surface area contributed by atoms with Crippen LogP contribution >= 0.6 is 0 Å². The van der Waals surface area contributed by atoms with Gasteiger partial charge < -0.3 is 14.1 Å². The third kappa shape index (κ3) is 2.48. The maximum absolute atomic E-state index is 12.8. The number of furan rings is 1. The van der Waals surface area contributed by atoms with Crippen LogP contribution in [0.4, 0.5) is 0 Å². The third-order valence-electron chi connectivity index (χ3n) is 4.06. The average molecular weight is 349 g/mol. The first-order valence-electron chi connectivity index (χ1n) is 7.23. The van der Waals surface area contributed by atoms with Crippen molar-refractivity contribution in [1.82, 2.24) is 4.57 Å². The number of carboxylic acids is 1. The molecule has 8 heteroatoms. The highest BCUT2D eigenvalue weighted by atomic mass is 32.2. The molecule has 0 spiro atoms. The fourth-order valence-corrected chi connectivity index (χ4v) is 4.26. The van der Waals surface area contributed by atoms with E-state index in [1.54, 1.807) is 0 Å². The van der Waals surface area contributed by atoms with Crippen molar-refractivity contribution in [2.45, 2.75) is 23.8 Å². The number of sulfone groups is 1. The predicted molar refractivity (Wildman–Crippen MR) is 83.8 cm³/mol. The van der Waals surface area contributed by atoms with Gasteiger partial charge in [-0.05, 0) is 18.6 Å². The first kappa shape index (κ1) is 16.3. The predicted octanol–water partition coefficient (Wildman–Crippen LogP) is 1.84. The van der Waals surface area contributed by atoms with Crippen molar-refractivity contribution in [2.24, 2.45) is 0 Å². The van der Waals surface area contributed by atoms with E-state index in [0.29, 0.717) is 12.1 Å². The smallest absolute Gasteiger partial charge is 0.312 e. The van der Waals surface area contributed by atoms with Crippen molar-refractivity contribution in [2.75, 3.05) is 5.75 Å². The summed E-state index contributed by atoms with van der Waals surface area (Å²) < 4.78 is 31.4. The van der Waals surface area contributed by atoms with Gasteiger partial charge in [-0.3, -0.25) is 9.59 Å². The molecule has 1 unspecified atom stereocenters. The number of ketones is 1. The van der Waals surface area contributed by atoms with Gasteiger partial charge in [0, 0.05) is 12.2 Å². The van der Waals surface area contributed by atoms with Crippen LogP contribution in [-0.4, -0.2) is 35.6 Å². The van der Waals surface area contributed by atoms with Gasteiger partial charge in [0.25, 0.3) is 0 Å². The van der Waals surface area contributed by atoms with Crippen molar-refractivity contribution in [3.8, 4) is 0 Å². The quantitative estimate of drug-likeness (QED) is 0.630. The van der Waals surface area contributed by atoms with Crippen LogP contribution in [0.2, 0.25) is 0 Å². The van der Waals surface area contributed by atoms with E-state index in [1.165, 1.54) is 35.3 Å². The molecule has 0 fully saturated rings. The number of aromatic nitrogens is 1. The second kappa shape index (κ2) is 5.79. The minimum Gasteiger partial charge on any atom is -0.481 e. The van der Waals surface area contributed by atoms with Gasteiger partial charge in [-0.15, -0.1) is 6.58 Å². The van der Waals surface area contributed by atoms with Crippen molar-refractivity contribution in [1.29, 1.82) is 0 Å². The number of aliphatic carboxylic acids is 1. The first-order valence-corrected chi connectivity index (χ1v) is 8.89. The van der Waals surface area contributed by atoms with Crippen molar-refractivity contribution < 1.29 is 27.5 Å². The van der Waals surface area contributed by atoms with Crippen LogP contribution < -0.4 is 0 Å². The summed E-state index contributed by atoms with van der Waals surface area (Å²) in [5.41, 5.74) is 0.527. The zero-order valence-electron chi connectivity index (χ0n) is 12.6. The van der Waals surface area contributed by atoms with Gasteiger partial charge in [-0.25, -0.2) is 8.42 Å². The molecule has 24 heavy (non-hydrogen) atoms. The van der Waals surface area contributed by atoms with Crippen molar-refractivity contribution in [3.05, 3.63) is 54.3 Å². The topological polar surface area (TPSA) is 107 Å². The summed E-state index contributed by atoms with van der Waals surface area (Å²) in [6.07, 6.45) is 4.10. The molecule has 1 atom stereocenters. The highest BCUT2D eigenvalue weighted by Crippen LogP contribution is 2.36. The van der Waals surface area contributed by atoms with Crippen molar-refractivity contribution >= 4 is 21.6 Å². The number of carbonyl (C=O) groups is 2. The lowest BCUT2D eigenvalue weighted by atomic mass is 10.1. The molecule has 3 heterocycles. The molecule has 1 aliphatic rings. The van der Waals surface area contributed by atoms with Gasteiger partial charge in [0.1, 0.15) is 12.0 Å². The molecule has 0 radical (unpaired) electrons. The lowest BCUT2D eigenvalue weighted by Crippen LogP contribution is -2.14. The number of carboxylic acid groups (broad SMARTS) is 1. The Kier molecular flexibility index (Phi) is 3.92. The summed E-state index contributed by atoms with van der Waals surface area (Å²) in [6, 6.07) is 2.74. The third-order valence-corrected chi connectivity index (χ3v) is 5.72. The average Bonchev–Trinajstić information content (AvgIpc) is 3.22. The second-order valence-electron chi connectivity index (χ2n) is 5.52. The van der Waals surface area contributed by atoms with E-state index in [9.17, 15) is 23.1 Å². The maximum atomic E-state index is 12.8. The van der Waals surface area contributed by atoms with Gasteiger partial charge in [0.15, 0.2) is 9.84 Å². The van der Waals surface area contributed by atoms with E-state index >= 15 is 0 Å². The molecule has 0 aromatic carbocycles. The number of carbonyl (C=O) groups excluding carboxylic acids is 1. The van der Waals surface area contributed by atoms with Crippen LogP contribution in [0.1, 0.15) is 34.1 Å². The monoisotopic (exact) mass is 349 g/mol. The van der Waals surface area contributed by atoms with Gasteiger partial charge >= 0.3 is 5.97 Å². The Morgan fingerprint density at radius 1 is 1.46 bits per heavy atom. The number of nitrogens with zero attached hydrogens (tertiary/aromatic N) is 1. The summed E-state index contributed by atoms with van der Waals surface area (Å²) in [7, 11) is -3.79. The first-order chi connectivity index (χ1) is 11.4. The fourth-order valence-electron chi connectivity index (χ4n) is 2.98. The zero-order chi connectivity index (χ0) is 17.5. The Balaban J connectivity index is 2.22. The molecule has 1 aliphatic heterocycles. The molecule has 7 nitrogen and oxygen atoms in total. The van der Waals surface area contributed by atoms with Gasteiger partial charge in [0.2, 0.25) is 5.78 Å². The highest BCUT2D eigenvalue weighted by molar-refractivity contribution is 7.91. The van der Waals surface area contributed by atoms with E-state index in [0.717, 1.165) is 0 Å². The maximum Gasteiger partial charge on any atom is 0.312 e. The van der Waals surface area contributed by atoms with Crippen LogP contribution in [0, 0.1) is 0 Å². The van der Waals surface area contributed by atoms with Crippen LogP contribution in [0.25, 0.3) is 0 Å². The molecule has 1 N–H and O–H groups in total. The zero-order valence-corrected chi connectivity index (χ0v) is 13.5. The summed E-state index contributed by atoms with van der Waals surface area (Å²) in [5, 5.41) is 9.31. The van der Waals surface area contributed by atoms with Crippen LogP contribution in [0.15, 0.2) is 46.6 Å². The Labute approximate surface area is 138 Å². The molecule has 0 saturated carbocycles. The van der Waals surface area contributed by atoms with E-state index in [1.807, 2.05) is 0 Å². The van der Waals surface area contributed by atoms with Gasteiger partial charge in [-0.1, -0.05) is 6.08 Å². The molecule has 3 rings (SSSR count). The number of hydrogen-bond donors (Lipinski definition) is 1. The number of fused-ring (bicyclic) bond motifs is 1. The largest absolute Gasteiger partial charge is 0.481 e. The van der Waals surface area contributed by atoms with Gasteiger partial charge in [-0.2, -0.15) is 0 Å². The lowest BCUT2D eigenvalue weighted by Gasteiger charge is -2.07. The second-order valence-corrected chi connectivity index (χ2v) is 7.53. The molecule has 126 valence electrons. The molecule has 2 aromatic heterocycles. The van der Waals surface area contributed by atoms with E-state index in [-0.39, 0.29) is 28.5 Å². The SMILES string of the molecule is C=CCS(=O)(=O)c1cc2n(c1C(=O)c1ccoc1)CCC2C(=O)O. The van der Waals surface area contributed by atoms with Gasteiger partial charge in [0.05, 0.1) is 28.4 Å². The molecular weight excluding hydrogens is 334 g/mol.